The zero-order valence-electron chi connectivity index (χ0n) is 13.0. The summed E-state index contributed by atoms with van der Waals surface area (Å²) in [5.41, 5.74) is 0.754. The van der Waals surface area contributed by atoms with Gasteiger partial charge in [0.2, 0.25) is 11.8 Å². The van der Waals surface area contributed by atoms with Crippen molar-refractivity contribution in [2.24, 2.45) is 5.41 Å². The fourth-order valence-corrected chi connectivity index (χ4v) is 2.37. The summed E-state index contributed by atoms with van der Waals surface area (Å²) in [5, 5.41) is 9.21. The van der Waals surface area contributed by atoms with Crippen LogP contribution in [0.4, 0.5) is 5.69 Å². The summed E-state index contributed by atoms with van der Waals surface area (Å²) >= 11 is 0. The molecule has 0 aliphatic carbocycles. The number of hydrogen-bond donors (Lipinski definition) is 1. The maximum absolute atomic E-state index is 11.8. The highest BCUT2D eigenvalue weighted by atomic mass is 16.4. The second-order valence-electron chi connectivity index (χ2n) is 6.24. The summed E-state index contributed by atoms with van der Waals surface area (Å²) in [6.45, 7) is 3.64. The van der Waals surface area contributed by atoms with Gasteiger partial charge in [-0.3, -0.25) is 19.3 Å². The zero-order valence-corrected chi connectivity index (χ0v) is 13.0. The third kappa shape index (κ3) is 3.27. The number of likely N-dealkylation sites (N-methyl/N-ethyl adjacent to an activating group) is 1. The van der Waals surface area contributed by atoms with E-state index in [1.807, 2.05) is 24.3 Å². The molecule has 2 amide bonds. The van der Waals surface area contributed by atoms with Crippen molar-refractivity contribution in [1.82, 2.24) is 4.90 Å². The monoisotopic (exact) mass is 304 g/mol. The van der Waals surface area contributed by atoms with Gasteiger partial charge in [-0.15, -0.1) is 0 Å². The molecule has 6 nitrogen and oxygen atoms in total. The Morgan fingerprint density at radius 3 is 2.36 bits per heavy atom. The summed E-state index contributed by atoms with van der Waals surface area (Å²) in [7, 11) is 1.48. The highest BCUT2D eigenvalue weighted by molar-refractivity contribution is 6.02. The molecule has 1 heterocycles. The fraction of sp³-hybridized carbons (Fsp3) is 0.438. The minimum absolute atomic E-state index is 0.147. The molecule has 6 heteroatoms. The molecule has 1 fully saturated rings. The van der Waals surface area contributed by atoms with Crippen molar-refractivity contribution in [2.75, 3.05) is 25.0 Å². The van der Waals surface area contributed by atoms with Crippen molar-refractivity contribution in [3.05, 3.63) is 29.8 Å². The van der Waals surface area contributed by atoms with Crippen molar-refractivity contribution in [3.63, 3.8) is 0 Å². The van der Waals surface area contributed by atoms with Gasteiger partial charge in [0, 0.05) is 12.7 Å². The highest BCUT2D eigenvalue weighted by Gasteiger charge is 2.30. The van der Waals surface area contributed by atoms with Crippen LogP contribution >= 0.6 is 0 Å². The first kappa shape index (κ1) is 16.0. The van der Waals surface area contributed by atoms with E-state index >= 15 is 0 Å². The molecular formula is C16H20N2O4. The molecule has 0 bridgehead atoms. The molecule has 0 saturated carbocycles. The van der Waals surface area contributed by atoms with E-state index in [2.05, 4.69) is 0 Å². The topological polar surface area (TPSA) is 77.9 Å². The second-order valence-corrected chi connectivity index (χ2v) is 6.24. The maximum Gasteiger partial charge on any atom is 0.309 e. The molecule has 1 aromatic carbocycles. The molecule has 118 valence electrons. The first-order chi connectivity index (χ1) is 10.2. The lowest BCUT2D eigenvalue weighted by molar-refractivity contribution is -0.147. The van der Waals surface area contributed by atoms with Crippen LogP contribution in [0.15, 0.2) is 24.3 Å². The number of anilines is 1. The predicted molar refractivity (Wildman–Crippen MR) is 81.6 cm³/mol. The number of imide groups is 1. The van der Waals surface area contributed by atoms with E-state index in [9.17, 15) is 19.5 Å². The number of piperazine rings is 1. The smallest absolute Gasteiger partial charge is 0.309 e. The average molecular weight is 304 g/mol. The Bertz CT molecular complexity index is 606. The van der Waals surface area contributed by atoms with Crippen molar-refractivity contribution in [1.29, 1.82) is 0 Å². The van der Waals surface area contributed by atoms with Crippen LogP contribution in [0.2, 0.25) is 0 Å². The molecular weight excluding hydrogens is 284 g/mol. The van der Waals surface area contributed by atoms with Crippen LogP contribution in [0.5, 0.6) is 0 Å². The van der Waals surface area contributed by atoms with E-state index in [-0.39, 0.29) is 24.9 Å². The summed E-state index contributed by atoms with van der Waals surface area (Å²) < 4.78 is 0. The van der Waals surface area contributed by atoms with Gasteiger partial charge in [-0.25, -0.2) is 0 Å². The standard InChI is InChI=1S/C16H20N2O4/c1-16(2,15(21)22)8-11-5-4-6-12(7-11)18-9-13(19)17(3)14(20)10-18/h4-7H,8-10H2,1-3H3,(H,21,22). The largest absolute Gasteiger partial charge is 0.481 e. The zero-order chi connectivity index (χ0) is 16.5. The molecule has 0 spiro atoms. The number of amides is 2. The van der Waals surface area contributed by atoms with Crippen molar-refractivity contribution >= 4 is 23.5 Å². The number of carboxylic acids is 1. The Kier molecular flexibility index (Phi) is 4.21. The van der Waals surface area contributed by atoms with Crippen LogP contribution in [-0.2, 0) is 20.8 Å². The molecule has 1 N–H and O–H groups in total. The maximum atomic E-state index is 11.8. The summed E-state index contributed by atoms with van der Waals surface area (Å²) in [5.74, 6) is -1.34. The third-order valence-corrected chi connectivity index (χ3v) is 3.90. The van der Waals surface area contributed by atoms with Gasteiger partial charge in [-0.1, -0.05) is 12.1 Å². The molecule has 1 aliphatic heterocycles. The summed E-state index contributed by atoms with van der Waals surface area (Å²) in [6, 6.07) is 7.34. The number of aliphatic carboxylic acids is 1. The Balaban J connectivity index is 2.20. The van der Waals surface area contributed by atoms with E-state index in [0.29, 0.717) is 6.42 Å². The van der Waals surface area contributed by atoms with Crippen LogP contribution in [0.3, 0.4) is 0 Å². The van der Waals surface area contributed by atoms with Crippen molar-refractivity contribution in [3.8, 4) is 0 Å². The van der Waals surface area contributed by atoms with Crippen LogP contribution in [-0.4, -0.2) is 47.9 Å². The molecule has 22 heavy (non-hydrogen) atoms. The van der Waals surface area contributed by atoms with Gasteiger partial charge in [-0.2, -0.15) is 0 Å². The van der Waals surface area contributed by atoms with Gasteiger partial charge < -0.3 is 10.0 Å². The number of benzene rings is 1. The number of carboxylic acid groups (broad SMARTS) is 1. The lowest BCUT2D eigenvalue weighted by Crippen LogP contribution is -2.52. The number of nitrogens with zero attached hydrogens (tertiary/aromatic N) is 2. The molecule has 0 radical (unpaired) electrons. The van der Waals surface area contributed by atoms with Gasteiger partial charge in [-0.05, 0) is 38.0 Å². The number of rotatable bonds is 4. The van der Waals surface area contributed by atoms with Gasteiger partial charge in [0.05, 0.1) is 18.5 Å². The Morgan fingerprint density at radius 2 is 1.82 bits per heavy atom. The minimum Gasteiger partial charge on any atom is -0.481 e. The van der Waals surface area contributed by atoms with E-state index < -0.39 is 11.4 Å². The van der Waals surface area contributed by atoms with Gasteiger partial charge >= 0.3 is 5.97 Å². The molecule has 1 saturated heterocycles. The van der Waals surface area contributed by atoms with Gasteiger partial charge in [0.25, 0.3) is 0 Å². The molecule has 0 unspecified atom stereocenters. The van der Waals surface area contributed by atoms with E-state index in [1.165, 1.54) is 7.05 Å². The lowest BCUT2D eigenvalue weighted by atomic mass is 9.86. The van der Waals surface area contributed by atoms with Crippen LogP contribution in [0.1, 0.15) is 19.4 Å². The summed E-state index contributed by atoms with van der Waals surface area (Å²) in [6.07, 6.45) is 0.381. The first-order valence-corrected chi connectivity index (χ1v) is 7.07. The lowest BCUT2D eigenvalue weighted by Gasteiger charge is -2.32. The number of hydrogen-bond acceptors (Lipinski definition) is 4. The van der Waals surface area contributed by atoms with E-state index in [1.54, 1.807) is 18.7 Å². The normalized spacial score (nSPS) is 16.1. The quantitative estimate of drug-likeness (QED) is 0.844. The second kappa shape index (κ2) is 5.79. The Hall–Kier alpha value is -2.37. The first-order valence-electron chi connectivity index (χ1n) is 7.07. The van der Waals surface area contributed by atoms with E-state index in [0.717, 1.165) is 16.2 Å². The molecule has 1 aromatic rings. The van der Waals surface area contributed by atoms with Crippen LogP contribution in [0.25, 0.3) is 0 Å². The minimum atomic E-state index is -0.869. The Labute approximate surface area is 129 Å². The van der Waals surface area contributed by atoms with Crippen molar-refractivity contribution < 1.29 is 19.5 Å². The molecule has 1 aliphatic rings. The average Bonchev–Trinajstić information content (AvgIpc) is 2.44. The van der Waals surface area contributed by atoms with Crippen LogP contribution in [0, 0.1) is 5.41 Å². The molecule has 0 atom stereocenters. The SMILES string of the molecule is CN1C(=O)CN(c2cccc(CC(C)(C)C(=O)O)c2)CC1=O. The highest BCUT2D eigenvalue weighted by Crippen LogP contribution is 2.25. The number of carbonyl (C=O) groups is 3. The fourth-order valence-electron chi connectivity index (χ4n) is 2.37. The molecule has 0 aromatic heterocycles. The molecule has 2 rings (SSSR count). The van der Waals surface area contributed by atoms with E-state index in [4.69, 9.17) is 0 Å². The van der Waals surface area contributed by atoms with Gasteiger partial charge in [0.1, 0.15) is 0 Å². The summed E-state index contributed by atoms with van der Waals surface area (Å²) in [4.78, 5) is 37.6. The van der Waals surface area contributed by atoms with Crippen LogP contribution < -0.4 is 4.90 Å². The third-order valence-electron chi connectivity index (χ3n) is 3.90. The van der Waals surface area contributed by atoms with Gasteiger partial charge in [0.15, 0.2) is 0 Å². The predicted octanol–water partition coefficient (Wildman–Crippen LogP) is 1.14. The van der Waals surface area contributed by atoms with Crippen molar-refractivity contribution in [2.45, 2.75) is 20.3 Å². The number of carbonyl (C=O) groups excluding carboxylic acids is 2. The Morgan fingerprint density at radius 1 is 1.23 bits per heavy atom.